The second-order valence-electron chi connectivity index (χ2n) is 7.83. The minimum atomic E-state index is -0.314. The summed E-state index contributed by atoms with van der Waals surface area (Å²) in [6, 6.07) is 7.92. The van der Waals surface area contributed by atoms with Crippen molar-refractivity contribution in [2.45, 2.75) is 18.5 Å². The molecule has 2 unspecified atom stereocenters. The fraction of sp³-hybridized carbons (Fsp3) is 0.273. The van der Waals surface area contributed by atoms with Gasteiger partial charge in [0.1, 0.15) is 0 Å². The Bertz CT molecular complexity index is 1180. The SMILES string of the molecule is CN1CC2=C(C1=O)C1=C3CC=CC(=O)C3NC1c1c2c2ccccc2n1C. The highest BCUT2D eigenvalue weighted by Gasteiger charge is 2.49. The highest BCUT2D eigenvalue weighted by atomic mass is 16.2. The van der Waals surface area contributed by atoms with Gasteiger partial charge in [0.05, 0.1) is 17.7 Å². The minimum absolute atomic E-state index is 0.0699. The summed E-state index contributed by atoms with van der Waals surface area (Å²) in [7, 11) is 3.94. The van der Waals surface area contributed by atoms with E-state index < -0.39 is 0 Å². The number of carbonyl (C=O) groups excluding carboxylic acids is 2. The van der Waals surface area contributed by atoms with Crippen molar-refractivity contribution in [3.63, 3.8) is 0 Å². The summed E-state index contributed by atoms with van der Waals surface area (Å²) in [5, 5.41) is 4.73. The van der Waals surface area contributed by atoms with Crippen LogP contribution in [0.15, 0.2) is 53.1 Å². The molecule has 5 nitrogen and oxygen atoms in total. The van der Waals surface area contributed by atoms with E-state index in [1.165, 1.54) is 16.6 Å². The molecular weight excluding hydrogens is 338 g/mol. The van der Waals surface area contributed by atoms with Gasteiger partial charge in [-0.15, -0.1) is 0 Å². The van der Waals surface area contributed by atoms with Crippen molar-refractivity contribution in [3.05, 3.63) is 64.4 Å². The third-order valence-corrected chi connectivity index (χ3v) is 6.48. The Morgan fingerprint density at radius 1 is 1.11 bits per heavy atom. The van der Waals surface area contributed by atoms with Crippen LogP contribution < -0.4 is 5.32 Å². The smallest absolute Gasteiger partial charge is 0.254 e. The molecular formula is C22H19N3O2. The average Bonchev–Trinajstić information content (AvgIpc) is 3.28. The van der Waals surface area contributed by atoms with Crippen LogP contribution >= 0.6 is 0 Å². The number of amides is 1. The number of aryl methyl sites for hydroxylation is 1. The first-order chi connectivity index (χ1) is 13.1. The maximum absolute atomic E-state index is 13.1. The number of carbonyl (C=O) groups is 2. The highest BCUT2D eigenvalue weighted by Crippen LogP contribution is 2.52. The van der Waals surface area contributed by atoms with Crippen LogP contribution in [0.1, 0.15) is 23.7 Å². The lowest BCUT2D eigenvalue weighted by atomic mass is 9.80. The molecule has 5 heteroatoms. The molecule has 1 aromatic carbocycles. The van der Waals surface area contributed by atoms with Crippen LogP contribution in [0.5, 0.6) is 0 Å². The van der Waals surface area contributed by atoms with Crippen LogP contribution in [-0.2, 0) is 16.6 Å². The van der Waals surface area contributed by atoms with Crippen molar-refractivity contribution in [2.75, 3.05) is 13.6 Å². The van der Waals surface area contributed by atoms with Gasteiger partial charge >= 0.3 is 0 Å². The largest absolute Gasteiger partial charge is 0.345 e. The van der Waals surface area contributed by atoms with Crippen LogP contribution in [0.4, 0.5) is 0 Å². The Balaban J connectivity index is 1.74. The summed E-state index contributed by atoms with van der Waals surface area (Å²) >= 11 is 0. The zero-order valence-corrected chi connectivity index (χ0v) is 15.2. The van der Waals surface area contributed by atoms with Gasteiger partial charge < -0.3 is 9.47 Å². The molecule has 0 fully saturated rings. The third kappa shape index (κ3) is 1.68. The number of nitrogens with zero attached hydrogens (tertiary/aromatic N) is 2. The van der Waals surface area contributed by atoms with Crippen molar-refractivity contribution in [1.29, 1.82) is 0 Å². The molecule has 2 atom stereocenters. The van der Waals surface area contributed by atoms with Gasteiger partial charge in [0.15, 0.2) is 5.78 Å². The number of rotatable bonds is 0. The molecule has 0 bridgehead atoms. The second-order valence-corrected chi connectivity index (χ2v) is 7.83. The first kappa shape index (κ1) is 15.2. The lowest BCUT2D eigenvalue weighted by Gasteiger charge is -2.25. The number of aromatic nitrogens is 1. The average molecular weight is 357 g/mol. The first-order valence-electron chi connectivity index (χ1n) is 9.34. The molecule has 27 heavy (non-hydrogen) atoms. The van der Waals surface area contributed by atoms with E-state index in [9.17, 15) is 9.59 Å². The molecule has 0 saturated heterocycles. The van der Waals surface area contributed by atoms with Crippen LogP contribution in [0, 0.1) is 0 Å². The Kier molecular flexibility index (Phi) is 2.73. The number of nitrogens with one attached hydrogen (secondary N) is 1. The van der Waals surface area contributed by atoms with Gasteiger partial charge in [-0.25, -0.2) is 0 Å². The van der Waals surface area contributed by atoms with Gasteiger partial charge in [0.25, 0.3) is 5.91 Å². The topological polar surface area (TPSA) is 54.3 Å². The van der Waals surface area contributed by atoms with Gasteiger partial charge in [-0.3, -0.25) is 14.9 Å². The van der Waals surface area contributed by atoms with E-state index >= 15 is 0 Å². The maximum atomic E-state index is 13.1. The summed E-state index contributed by atoms with van der Waals surface area (Å²) in [6.45, 7) is 0.618. The standard InChI is InChI=1S/C22H19N3O2/c1-24-10-13-16-11-6-3-4-8-14(11)25(2)21(16)20-17(18(13)22(24)27)12-7-5-9-15(26)19(12)23-20/h3-6,8-9,19-20,23H,7,10H2,1-2H3. The monoisotopic (exact) mass is 357 g/mol. The molecule has 1 amide bonds. The maximum Gasteiger partial charge on any atom is 0.254 e. The fourth-order valence-electron chi connectivity index (χ4n) is 5.35. The number of likely N-dealkylation sites (N-methyl/N-ethyl adjacent to an activating group) is 1. The molecule has 1 N–H and O–H groups in total. The quantitative estimate of drug-likeness (QED) is 0.787. The summed E-state index contributed by atoms with van der Waals surface area (Å²) in [5.41, 5.74) is 7.53. The van der Waals surface area contributed by atoms with Crippen LogP contribution in [0.25, 0.3) is 16.5 Å². The Labute approximate surface area is 156 Å². The van der Waals surface area contributed by atoms with Gasteiger partial charge in [-0.2, -0.15) is 0 Å². The van der Waals surface area contributed by atoms with E-state index in [4.69, 9.17) is 0 Å². The van der Waals surface area contributed by atoms with Crippen LogP contribution in [0.2, 0.25) is 0 Å². The van der Waals surface area contributed by atoms with Crippen LogP contribution in [-0.4, -0.2) is 40.8 Å². The van der Waals surface area contributed by atoms with E-state index in [0.717, 1.165) is 34.2 Å². The van der Waals surface area contributed by atoms with E-state index in [1.807, 2.05) is 25.3 Å². The lowest BCUT2D eigenvalue weighted by Crippen LogP contribution is -2.36. The van der Waals surface area contributed by atoms with Gasteiger partial charge in [-0.1, -0.05) is 24.3 Å². The zero-order chi connectivity index (χ0) is 18.4. The molecule has 6 rings (SSSR count). The summed E-state index contributed by atoms with van der Waals surface area (Å²) in [4.78, 5) is 27.4. The Morgan fingerprint density at radius 2 is 1.93 bits per heavy atom. The van der Waals surface area contributed by atoms with Crippen molar-refractivity contribution in [3.8, 4) is 0 Å². The van der Waals surface area contributed by atoms with E-state index in [1.54, 1.807) is 11.0 Å². The zero-order valence-electron chi connectivity index (χ0n) is 15.2. The minimum Gasteiger partial charge on any atom is -0.345 e. The number of ketones is 1. The molecule has 4 aliphatic rings. The van der Waals surface area contributed by atoms with E-state index in [0.29, 0.717) is 6.54 Å². The number of hydrogen-bond donors (Lipinski definition) is 1. The van der Waals surface area contributed by atoms with Gasteiger partial charge in [-0.05, 0) is 35.3 Å². The predicted molar refractivity (Wildman–Crippen MR) is 103 cm³/mol. The van der Waals surface area contributed by atoms with E-state index in [2.05, 4.69) is 29.1 Å². The Hall–Kier alpha value is -2.92. The van der Waals surface area contributed by atoms with Crippen molar-refractivity contribution in [1.82, 2.24) is 14.8 Å². The lowest BCUT2D eigenvalue weighted by molar-refractivity contribution is -0.124. The fourth-order valence-corrected chi connectivity index (χ4v) is 5.35. The molecule has 0 saturated carbocycles. The number of hydrogen-bond acceptors (Lipinski definition) is 3. The van der Waals surface area contributed by atoms with Gasteiger partial charge in [0, 0.05) is 42.8 Å². The molecule has 134 valence electrons. The number of benzene rings is 1. The van der Waals surface area contributed by atoms with Crippen molar-refractivity contribution in [2.24, 2.45) is 7.05 Å². The predicted octanol–water partition coefficient (Wildman–Crippen LogP) is 2.26. The van der Waals surface area contributed by atoms with Gasteiger partial charge in [0.2, 0.25) is 0 Å². The Morgan fingerprint density at radius 3 is 2.78 bits per heavy atom. The molecule has 2 aliphatic heterocycles. The number of para-hydroxylation sites is 1. The molecule has 2 aromatic rings. The highest BCUT2D eigenvalue weighted by molar-refractivity contribution is 6.15. The molecule has 0 spiro atoms. The molecule has 0 radical (unpaired) electrons. The number of allylic oxidation sites excluding steroid dienone is 1. The summed E-state index contributed by atoms with van der Waals surface area (Å²) in [5.74, 6) is 0.153. The molecule has 1 aromatic heterocycles. The van der Waals surface area contributed by atoms with Crippen LogP contribution in [0.3, 0.4) is 0 Å². The summed E-state index contributed by atoms with van der Waals surface area (Å²) in [6.07, 6.45) is 4.31. The van der Waals surface area contributed by atoms with Crippen molar-refractivity contribution < 1.29 is 9.59 Å². The molecule has 2 aliphatic carbocycles. The second kappa shape index (κ2) is 4.87. The first-order valence-corrected chi connectivity index (χ1v) is 9.34. The number of fused-ring (bicyclic) bond motifs is 8. The van der Waals surface area contributed by atoms with E-state index in [-0.39, 0.29) is 23.8 Å². The normalized spacial score (nSPS) is 26.1. The third-order valence-electron chi connectivity index (χ3n) is 6.48. The molecule has 3 heterocycles. The van der Waals surface area contributed by atoms with Crippen molar-refractivity contribution >= 4 is 28.2 Å². The summed E-state index contributed by atoms with van der Waals surface area (Å²) < 4.78 is 2.23.